The first-order valence-corrected chi connectivity index (χ1v) is 38.3. The number of carbonyl (C=O) groups excluding carboxylic acids is 5. The number of carboxylic acid groups (broad SMARTS) is 5. The van der Waals surface area contributed by atoms with E-state index in [4.69, 9.17) is 23.7 Å². The van der Waals surface area contributed by atoms with E-state index in [0.29, 0.717) is 19.3 Å². The van der Waals surface area contributed by atoms with Crippen LogP contribution < -0.4 is 10.6 Å². The second kappa shape index (κ2) is 65.6. The van der Waals surface area contributed by atoms with Crippen LogP contribution in [-0.2, 0) is 66.8 Å². The van der Waals surface area contributed by atoms with Crippen LogP contribution in [0.5, 0.6) is 0 Å². The van der Waals surface area contributed by atoms with Crippen molar-refractivity contribution in [1.29, 1.82) is 0 Å². The molecule has 0 aromatic carbocycles. The summed E-state index contributed by atoms with van der Waals surface area (Å²) in [5.74, 6) is -9.35. The summed E-state index contributed by atoms with van der Waals surface area (Å²) in [6.45, 7) is 0.683. The van der Waals surface area contributed by atoms with Crippen molar-refractivity contribution in [2.24, 2.45) is 5.41 Å². The normalized spacial score (nSPS) is 11.8. The maximum absolute atomic E-state index is 13.4. The van der Waals surface area contributed by atoms with Crippen LogP contribution in [0.2, 0.25) is 0 Å². The number of nitrogens with zero attached hydrogens (tertiary/aromatic N) is 3. The predicted octanol–water partition coefficient (Wildman–Crippen LogP) is 13.0. The van der Waals surface area contributed by atoms with Crippen LogP contribution in [0.3, 0.4) is 0 Å². The SMILES string of the molecule is CCCCCCCCCCCCCCCC(=O)OCC(COCCNC(=O)NCCOC(=O)CC(C(=O)O)N(CCN(CC(=O)O)CC(=O)O)CCN(CC(=O)O)CC(=O)O)(COC(=O)CCCCCCCCCCCCCCC)COC(=O)CCCCCCCCCCCCCCC. The van der Waals surface area contributed by atoms with Gasteiger partial charge in [0.2, 0.25) is 0 Å². The van der Waals surface area contributed by atoms with E-state index in [1.165, 1.54) is 173 Å². The highest BCUT2D eigenvalue weighted by molar-refractivity contribution is 5.81. The maximum Gasteiger partial charge on any atom is 0.321 e. The van der Waals surface area contributed by atoms with Crippen LogP contribution in [0.4, 0.5) is 4.79 Å². The molecule has 0 spiro atoms. The van der Waals surface area contributed by atoms with Crippen molar-refractivity contribution < 1.29 is 97.2 Å². The number of carboxylic acids is 5. The molecule has 0 aliphatic carbocycles. The van der Waals surface area contributed by atoms with E-state index in [0.717, 1.165) is 72.5 Å². The summed E-state index contributed by atoms with van der Waals surface area (Å²) < 4.78 is 29.1. The van der Waals surface area contributed by atoms with Gasteiger partial charge in [-0.05, 0) is 19.3 Å². The topological polar surface area (TPSA) is 352 Å². The summed E-state index contributed by atoms with van der Waals surface area (Å²) >= 11 is 0. The summed E-state index contributed by atoms with van der Waals surface area (Å²) in [7, 11) is 0. The summed E-state index contributed by atoms with van der Waals surface area (Å²) in [6.07, 6.45) is 44.8. The number of ether oxygens (including phenoxy) is 5. The minimum atomic E-state index is -1.68. The van der Waals surface area contributed by atoms with Gasteiger partial charge in [-0.1, -0.05) is 252 Å². The minimum Gasteiger partial charge on any atom is -0.480 e. The first-order valence-electron chi connectivity index (χ1n) is 38.3. The lowest BCUT2D eigenvalue weighted by Gasteiger charge is -2.32. The molecule has 0 aromatic heterocycles. The molecule has 0 heterocycles. The molecule has 1 atom stereocenters. The third-order valence-corrected chi connectivity index (χ3v) is 17.6. The van der Waals surface area contributed by atoms with Gasteiger partial charge in [-0.2, -0.15) is 0 Å². The van der Waals surface area contributed by atoms with E-state index in [2.05, 4.69) is 31.4 Å². The van der Waals surface area contributed by atoms with Crippen molar-refractivity contribution in [1.82, 2.24) is 25.3 Å². The first kappa shape index (κ1) is 93.3. The second-order valence-electron chi connectivity index (χ2n) is 27.0. The summed E-state index contributed by atoms with van der Waals surface area (Å²) in [6, 6.07) is -2.37. The molecule has 0 radical (unpaired) electrons. The summed E-state index contributed by atoms with van der Waals surface area (Å²) in [4.78, 5) is 128. The zero-order chi connectivity index (χ0) is 73.3. The Kier molecular flexibility index (Phi) is 61.9. The number of unbranched alkanes of at least 4 members (excludes halogenated alkanes) is 36. The fourth-order valence-corrected chi connectivity index (χ4v) is 11.7. The van der Waals surface area contributed by atoms with Crippen LogP contribution >= 0.6 is 0 Å². The second-order valence-corrected chi connectivity index (χ2v) is 27.0. The van der Waals surface area contributed by atoms with E-state index >= 15 is 0 Å². The molecule has 0 saturated heterocycles. The Labute approximate surface area is 593 Å². The van der Waals surface area contributed by atoms with Gasteiger partial charge < -0.3 is 59.9 Å². The monoisotopic (exact) mass is 1410 g/mol. The standard InChI is InChI=1S/C74H135N5O20/c1-4-7-10-13-16-19-22-25-28-31-34-37-40-43-68(88)97-60-74(61-98-69(89)44-41-38-35-32-29-26-23-20-17-14-11-8-5-2,62-99-70(90)45-42-39-36-33-30-27-24-21-18-15-12-9-6-3)59-95-52-46-75-73(94)76-47-53-96-71(91)54-63(72(92)93)79(50-48-77(55-64(80)81)56-65(82)83)51-49-78(57-66(84)85)58-67(86)87/h63H,4-62H2,1-3H3,(H,80,81)(H,82,83)(H,84,85)(H,86,87)(H,92,93)(H2,75,76,94). The molecule has 0 saturated carbocycles. The Hall–Kier alpha value is -5.66. The zero-order valence-corrected chi connectivity index (χ0v) is 61.5. The minimum absolute atomic E-state index is 0.0545. The Morgan fingerprint density at radius 2 is 0.606 bits per heavy atom. The number of carbonyl (C=O) groups is 10. The van der Waals surface area contributed by atoms with Gasteiger partial charge in [-0.15, -0.1) is 0 Å². The molecule has 0 fully saturated rings. The molecule has 99 heavy (non-hydrogen) atoms. The molecule has 2 amide bonds. The number of hydrogen-bond acceptors (Lipinski definition) is 18. The maximum atomic E-state index is 13.4. The molecule has 25 nitrogen and oxygen atoms in total. The number of urea groups is 1. The van der Waals surface area contributed by atoms with Gasteiger partial charge in [-0.3, -0.25) is 57.9 Å². The van der Waals surface area contributed by atoms with Gasteiger partial charge in [-0.25, -0.2) is 4.79 Å². The van der Waals surface area contributed by atoms with Crippen LogP contribution in [0, 0.1) is 5.41 Å². The van der Waals surface area contributed by atoms with Gasteiger partial charge in [0.1, 0.15) is 32.5 Å². The van der Waals surface area contributed by atoms with Crippen LogP contribution in [-0.4, -0.2) is 211 Å². The van der Waals surface area contributed by atoms with Crippen molar-refractivity contribution in [2.75, 3.05) is 105 Å². The van der Waals surface area contributed by atoms with Crippen molar-refractivity contribution in [3.8, 4) is 0 Å². The number of amides is 2. The largest absolute Gasteiger partial charge is 0.480 e. The van der Waals surface area contributed by atoms with Crippen molar-refractivity contribution in [3.05, 3.63) is 0 Å². The highest BCUT2D eigenvalue weighted by atomic mass is 16.6. The van der Waals surface area contributed by atoms with E-state index < -0.39 is 110 Å². The molecule has 576 valence electrons. The van der Waals surface area contributed by atoms with Crippen LogP contribution in [0.25, 0.3) is 0 Å². The van der Waals surface area contributed by atoms with Gasteiger partial charge >= 0.3 is 59.8 Å². The molecule has 0 aliphatic rings. The number of hydrogen-bond donors (Lipinski definition) is 7. The van der Waals surface area contributed by atoms with Crippen molar-refractivity contribution in [3.63, 3.8) is 0 Å². The third-order valence-electron chi connectivity index (χ3n) is 17.6. The molecule has 0 bridgehead atoms. The third kappa shape index (κ3) is 60.8. The van der Waals surface area contributed by atoms with E-state index in [1.54, 1.807) is 0 Å². The molecule has 1 unspecified atom stereocenters. The lowest BCUT2D eigenvalue weighted by atomic mass is 9.92. The molecule has 25 heteroatoms. The molecule has 0 aromatic rings. The van der Waals surface area contributed by atoms with Gasteiger partial charge in [0.05, 0.1) is 57.8 Å². The van der Waals surface area contributed by atoms with Crippen molar-refractivity contribution in [2.45, 2.75) is 303 Å². The van der Waals surface area contributed by atoms with Gasteiger partial charge in [0.25, 0.3) is 0 Å². The average Bonchev–Trinajstić information content (AvgIpc) is 0.903. The average molecular weight is 1410 g/mol. The Bertz CT molecular complexity index is 1940. The number of aliphatic carboxylic acids is 5. The molecule has 0 rings (SSSR count). The molecular weight excluding hydrogens is 1280 g/mol. The molecule has 7 N–H and O–H groups in total. The quantitative estimate of drug-likeness (QED) is 0.0169. The predicted molar refractivity (Wildman–Crippen MR) is 380 cm³/mol. The lowest BCUT2D eigenvalue weighted by molar-refractivity contribution is -0.168. The van der Waals surface area contributed by atoms with Crippen molar-refractivity contribution >= 4 is 59.8 Å². The number of nitrogens with one attached hydrogen (secondary N) is 2. The highest BCUT2D eigenvalue weighted by Crippen LogP contribution is 2.24. The Morgan fingerprint density at radius 1 is 0.333 bits per heavy atom. The van der Waals surface area contributed by atoms with Crippen LogP contribution in [0.1, 0.15) is 297 Å². The highest BCUT2D eigenvalue weighted by Gasteiger charge is 2.37. The zero-order valence-electron chi connectivity index (χ0n) is 61.5. The number of esters is 4. The van der Waals surface area contributed by atoms with E-state index in [-0.39, 0.29) is 91.6 Å². The van der Waals surface area contributed by atoms with E-state index in [1.807, 2.05) is 0 Å². The Morgan fingerprint density at radius 3 is 0.879 bits per heavy atom. The van der Waals surface area contributed by atoms with Gasteiger partial charge in [0, 0.05) is 52.0 Å². The van der Waals surface area contributed by atoms with Gasteiger partial charge in [0.15, 0.2) is 0 Å². The summed E-state index contributed by atoms with van der Waals surface area (Å²) in [5.41, 5.74) is -1.30. The summed E-state index contributed by atoms with van der Waals surface area (Å²) in [5, 5.41) is 52.7. The molecule has 0 aliphatic heterocycles. The molecular formula is C74H135N5O20. The van der Waals surface area contributed by atoms with E-state index in [9.17, 15) is 73.5 Å². The smallest absolute Gasteiger partial charge is 0.321 e. The Balaban J connectivity index is 6.01. The fraction of sp³-hybridized carbons (Fsp3) is 0.865. The van der Waals surface area contributed by atoms with Crippen LogP contribution in [0.15, 0.2) is 0 Å². The first-order chi connectivity index (χ1) is 47.8. The fourth-order valence-electron chi connectivity index (χ4n) is 11.7. The lowest BCUT2D eigenvalue weighted by Crippen LogP contribution is -2.50. The number of rotatable bonds is 74.